The van der Waals surface area contributed by atoms with Gasteiger partial charge in [-0.3, -0.25) is 0 Å². The van der Waals surface area contributed by atoms with E-state index in [-0.39, 0.29) is 0 Å². The van der Waals surface area contributed by atoms with Crippen LogP contribution in [0.4, 0.5) is 0 Å². The fourth-order valence-corrected chi connectivity index (χ4v) is 2.17. The lowest BCUT2D eigenvalue weighted by molar-refractivity contribution is 0.256. The lowest BCUT2D eigenvalue weighted by Gasteiger charge is -2.26. The number of nitrogens with zero attached hydrogens (tertiary/aromatic N) is 1. The van der Waals surface area contributed by atoms with Crippen LogP contribution in [0, 0.1) is 0 Å². The van der Waals surface area contributed by atoms with Gasteiger partial charge in [0.05, 0.1) is 0 Å². The van der Waals surface area contributed by atoms with E-state index in [1.807, 2.05) is 23.5 Å². The summed E-state index contributed by atoms with van der Waals surface area (Å²) < 4.78 is 0. The monoisotopic (exact) mass is 222 g/mol. The van der Waals surface area contributed by atoms with Crippen LogP contribution in [-0.2, 0) is 0 Å². The zero-order chi connectivity index (χ0) is 10.1. The number of hydrogen-bond acceptors (Lipinski definition) is 4. The van der Waals surface area contributed by atoms with Crippen molar-refractivity contribution in [1.29, 1.82) is 0 Å². The summed E-state index contributed by atoms with van der Waals surface area (Å²) in [5.74, 6) is 2.41. The molecule has 0 rings (SSSR count). The third-order valence-corrected chi connectivity index (χ3v) is 3.43. The van der Waals surface area contributed by atoms with E-state index < -0.39 is 0 Å². The van der Waals surface area contributed by atoms with Crippen LogP contribution in [0.5, 0.6) is 0 Å². The molecular formula is C9H22N2S2. The highest BCUT2D eigenvalue weighted by Crippen LogP contribution is 2.06. The van der Waals surface area contributed by atoms with Crippen molar-refractivity contribution in [2.45, 2.75) is 12.5 Å². The van der Waals surface area contributed by atoms with E-state index in [9.17, 15) is 0 Å². The highest BCUT2D eigenvalue weighted by atomic mass is 32.2. The van der Waals surface area contributed by atoms with Gasteiger partial charge in [0, 0.05) is 24.9 Å². The predicted octanol–water partition coefficient (Wildman–Crippen LogP) is 1.36. The van der Waals surface area contributed by atoms with Crippen LogP contribution in [-0.4, -0.2) is 55.1 Å². The molecule has 0 radical (unpaired) electrons. The van der Waals surface area contributed by atoms with E-state index in [1.54, 1.807) is 0 Å². The highest BCUT2D eigenvalue weighted by Gasteiger charge is 2.11. The summed E-state index contributed by atoms with van der Waals surface area (Å²) in [6, 6.07) is 0.569. The Morgan fingerprint density at radius 1 is 1.23 bits per heavy atom. The van der Waals surface area contributed by atoms with Crippen molar-refractivity contribution < 1.29 is 0 Å². The van der Waals surface area contributed by atoms with E-state index in [0.29, 0.717) is 6.04 Å². The Labute approximate surface area is 91.0 Å². The molecule has 13 heavy (non-hydrogen) atoms. The predicted molar refractivity (Wildman–Crippen MR) is 66.9 cm³/mol. The molecule has 0 saturated heterocycles. The second-order valence-electron chi connectivity index (χ2n) is 3.14. The molecule has 0 heterocycles. The molecule has 0 aromatic rings. The average molecular weight is 222 g/mol. The molecule has 0 amide bonds. The highest BCUT2D eigenvalue weighted by molar-refractivity contribution is 7.98. The molecule has 0 aromatic heterocycles. The Morgan fingerprint density at radius 3 is 2.31 bits per heavy atom. The van der Waals surface area contributed by atoms with Gasteiger partial charge in [-0.05, 0) is 31.7 Å². The lowest BCUT2D eigenvalue weighted by atomic mass is 10.2. The number of rotatable bonds is 8. The second kappa shape index (κ2) is 9.19. The summed E-state index contributed by atoms with van der Waals surface area (Å²) in [5, 5.41) is 0. The van der Waals surface area contributed by atoms with Gasteiger partial charge in [-0.2, -0.15) is 23.5 Å². The molecule has 1 atom stereocenters. The smallest absolute Gasteiger partial charge is 0.0223 e. The minimum atomic E-state index is 0.569. The molecule has 0 bridgehead atoms. The molecule has 80 valence electrons. The van der Waals surface area contributed by atoms with Crippen molar-refractivity contribution in [2.24, 2.45) is 5.73 Å². The summed E-state index contributed by atoms with van der Waals surface area (Å²) in [7, 11) is 2.17. The minimum absolute atomic E-state index is 0.569. The van der Waals surface area contributed by atoms with E-state index in [0.717, 1.165) is 13.1 Å². The average Bonchev–Trinajstić information content (AvgIpc) is 2.16. The summed E-state index contributed by atoms with van der Waals surface area (Å²) >= 11 is 3.79. The van der Waals surface area contributed by atoms with Crippen molar-refractivity contribution in [3.05, 3.63) is 0 Å². The van der Waals surface area contributed by atoms with Crippen molar-refractivity contribution >= 4 is 23.5 Å². The Balaban J connectivity index is 3.63. The van der Waals surface area contributed by atoms with Crippen LogP contribution in [0.2, 0.25) is 0 Å². The summed E-state index contributed by atoms with van der Waals surface area (Å²) in [4.78, 5) is 2.38. The molecule has 4 heteroatoms. The quantitative estimate of drug-likeness (QED) is 0.671. The molecule has 0 fully saturated rings. The molecule has 0 spiro atoms. The van der Waals surface area contributed by atoms with Crippen molar-refractivity contribution in [3.8, 4) is 0 Å². The zero-order valence-corrected chi connectivity index (χ0v) is 10.6. The molecule has 0 aliphatic rings. The number of hydrogen-bond donors (Lipinski definition) is 1. The minimum Gasteiger partial charge on any atom is -0.329 e. The topological polar surface area (TPSA) is 29.3 Å². The number of thioether (sulfide) groups is 2. The Bertz CT molecular complexity index is 112. The third kappa shape index (κ3) is 6.66. The lowest BCUT2D eigenvalue weighted by Crippen LogP contribution is -2.39. The first-order valence-corrected chi connectivity index (χ1v) is 7.43. The zero-order valence-electron chi connectivity index (χ0n) is 8.95. The van der Waals surface area contributed by atoms with Crippen LogP contribution < -0.4 is 5.73 Å². The van der Waals surface area contributed by atoms with Crippen LogP contribution in [0.1, 0.15) is 6.42 Å². The first kappa shape index (κ1) is 13.6. The summed E-state index contributed by atoms with van der Waals surface area (Å²) in [6.45, 7) is 1.93. The first-order chi connectivity index (χ1) is 6.26. The van der Waals surface area contributed by atoms with Gasteiger partial charge in [0.1, 0.15) is 0 Å². The van der Waals surface area contributed by atoms with Gasteiger partial charge in [-0.15, -0.1) is 0 Å². The molecule has 0 aliphatic heterocycles. The van der Waals surface area contributed by atoms with Gasteiger partial charge in [0.2, 0.25) is 0 Å². The van der Waals surface area contributed by atoms with E-state index in [1.165, 1.54) is 17.9 Å². The van der Waals surface area contributed by atoms with Crippen LogP contribution in [0.15, 0.2) is 0 Å². The van der Waals surface area contributed by atoms with Gasteiger partial charge in [-0.1, -0.05) is 0 Å². The van der Waals surface area contributed by atoms with Gasteiger partial charge in [0.15, 0.2) is 0 Å². The standard InChI is InChI=1S/C9H22N2S2/c1-11(5-7-13-3)9(8-10)4-6-12-2/h9H,4-8,10H2,1-3H3. The van der Waals surface area contributed by atoms with Crippen molar-refractivity contribution in [1.82, 2.24) is 4.90 Å². The van der Waals surface area contributed by atoms with Crippen LogP contribution >= 0.6 is 23.5 Å². The van der Waals surface area contributed by atoms with E-state index in [2.05, 4.69) is 24.5 Å². The number of nitrogens with two attached hydrogens (primary N) is 1. The SMILES string of the molecule is CSCCC(CN)N(C)CCSC. The maximum absolute atomic E-state index is 5.73. The molecule has 2 nitrogen and oxygen atoms in total. The van der Waals surface area contributed by atoms with E-state index in [4.69, 9.17) is 5.73 Å². The number of likely N-dealkylation sites (N-methyl/N-ethyl adjacent to an activating group) is 1. The molecule has 0 aromatic carbocycles. The molecule has 0 aliphatic carbocycles. The van der Waals surface area contributed by atoms with Crippen molar-refractivity contribution in [2.75, 3.05) is 44.2 Å². The van der Waals surface area contributed by atoms with Gasteiger partial charge in [0.25, 0.3) is 0 Å². The molecule has 2 N–H and O–H groups in total. The molecule has 0 saturated carbocycles. The first-order valence-electron chi connectivity index (χ1n) is 4.64. The fraction of sp³-hybridized carbons (Fsp3) is 1.00. The van der Waals surface area contributed by atoms with Gasteiger partial charge in [-0.25, -0.2) is 0 Å². The van der Waals surface area contributed by atoms with Crippen molar-refractivity contribution in [3.63, 3.8) is 0 Å². The van der Waals surface area contributed by atoms with E-state index >= 15 is 0 Å². The van der Waals surface area contributed by atoms with Crippen LogP contribution in [0.25, 0.3) is 0 Å². The normalized spacial score (nSPS) is 13.6. The maximum Gasteiger partial charge on any atom is 0.0223 e. The third-order valence-electron chi connectivity index (χ3n) is 2.20. The molecule has 1 unspecified atom stereocenters. The van der Waals surface area contributed by atoms with Gasteiger partial charge < -0.3 is 10.6 Å². The molecular weight excluding hydrogens is 200 g/mol. The van der Waals surface area contributed by atoms with Gasteiger partial charge >= 0.3 is 0 Å². The Morgan fingerprint density at radius 2 is 1.85 bits per heavy atom. The summed E-state index contributed by atoms with van der Waals surface area (Å²) in [6.07, 6.45) is 5.51. The Hall–Kier alpha value is 0.620. The fourth-order valence-electron chi connectivity index (χ4n) is 1.19. The largest absolute Gasteiger partial charge is 0.329 e. The second-order valence-corrected chi connectivity index (χ2v) is 5.12. The Kier molecular flexibility index (Phi) is 9.62. The summed E-state index contributed by atoms with van der Waals surface area (Å²) in [5.41, 5.74) is 5.73. The maximum atomic E-state index is 5.73. The van der Waals surface area contributed by atoms with Crippen LogP contribution in [0.3, 0.4) is 0 Å².